The molecule has 0 heterocycles. The lowest BCUT2D eigenvalue weighted by atomic mass is 10.2. The molecule has 2 aromatic carbocycles. The van der Waals surface area contributed by atoms with E-state index in [1.807, 2.05) is 0 Å². The maximum atomic E-state index is 12.7. The van der Waals surface area contributed by atoms with Crippen LogP contribution in [0.3, 0.4) is 0 Å². The van der Waals surface area contributed by atoms with Crippen LogP contribution in [0.15, 0.2) is 48.5 Å². The maximum Gasteiger partial charge on any atom is 0.323 e. The Bertz CT molecular complexity index is 670. The van der Waals surface area contributed by atoms with Crippen molar-refractivity contribution in [2.24, 2.45) is 0 Å². The van der Waals surface area contributed by atoms with Crippen molar-refractivity contribution in [1.29, 1.82) is 0 Å². The van der Waals surface area contributed by atoms with E-state index in [-0.39, 0.29) is 12.4 Å². The second kappa shape index (κ2) is 7.08. The van der Waals surface area contributed by atoms with Gasteiger partial charge in [0.15, 0.2) is 0 Å². The number of anilines is 2. The van der Waals surface area contributed by atoms with E-state index < -0.39 is 6.03 Å². The lowest BCUT2D eigenvalue weighted by molar-refractivity contribution is 0.262. The number of hydrogen-bond acceptors (Lipinski definition) is 2. The highest BCUT2D eigenvalue weighted by Gasteiger charge is 2.02. The smallest absolute Gasteiger partial charge is 0.323 e. The van der Waals surface area contributed by atoms with Crippen molar-refractivity contribution < 1.29 is 14.3 Å². The Hall–Kier alpha value is -2.84. The van der Waals surface area contributed by atoms with Gasteiger partial charge in [0.1, 0.15) is 12.4 Å². The standard InChI is InChI=1S/C16H13FN2O2/c17-13-5-9-15(10-6-13)19-16(21)18-14-7-3-12(4-8-14)2-1-11-20/h3-10,20H,11H2,(H2,18,19,21). The number of benzene rings is 2. The van der Waals surface area contributed by atoms with Crippen molar-refractivity contribution in [3.63, 3.8) is 0 Å². The summed E-state index contributed by atoms with van der Waals surface area (Å²) >= 11 is 0. The number of carbonyl (C=O) groups excluding carboxylic acids is 1. The molecule has 3 N–H and O–H groups in total. The summed E-state index contributed by atoms with van der Waals surface area (Å²) in [6.07, 6.45) is 0. The van der Waals surface area contributed by atoms with Crippen molar-refractivity contribution in [3.8, 4) is 11.8 Å². The van der Waals surface area contributed by atoms with Gasteiger partial charge < -0.3 is 15.7 Å². The third-order valence-electron chi connectivity index (χ3n) is 2.56. The number of aliphatic hydroxyl groups is 1. The minimum atomic E-state index is -0.421. The zero-order valence-corrected chi connectivity index (χ0v) is 11.1. The minimum Gasteiger partial charge on any atom is -0.384 e. The first-order valence-corrected chi connectivity index (χ1v) is 6.21. The predicted octanol–water partition coefficient (Wildman–Crippen LogP) is 2.81. The zero-order chi connectivity index (χ0) is 15.1. The Labute approximate surface area is 121 Å². The van der Waals surface area contributed by atoms with Crippen LogP contribution in [0, 0.1) is 17.7 Å². The fourth-order valence-corrected chi connectivity index (χ4v) is 1.61. The van der Waals surface area contributed by atoms with Crippen LogP contribution in [-0.2, 0) is 0 Å². The van der Waals surface area contributed by atoms with E-state index in [1.54, 1.807) is 24.3 Å². The van der Waals surface area contributed by atoms with E-state index in [9.17, 15) is 9.18 Å². The van der Waals surface area contributed by atoms with E-state index >= 15 is 0 Å². The third kappa shape index (κ3) is 4.64. The first kappa shape index (κ1) is 14.6. The Balaban J connectivity index is 1.94. The van der Waals surface area contributed by atoms with Gasteiger partial charge in [-0.15, -0.1) is 0 Å². The lowest BCUT2D eigenvalue weighted by Crippen LogP contribution is -2.19. The molecular weight excluding hydrogens is 271 g/mol. The second-order valence-corrected chi connectivity index (χ2v) is 4.12. The van der Waals surface area contributed by atoms with Gasteiger partial charge in [0, 0.05) is 16.9 Å². The van der Waals surface area contributed by atoms with Crippen molar-refractivity contribution in [2.75, 3.05) is 17.2 Å². The molecule has 0 aliphatic heterocycles. The number of rotatable bonds is 2. The van der Waals surface area contributed by atoms with E-state index in [4.69, 9.17) is 5.11 Å². The average Bonchev–Trinajstić information content (AvgIpc) is 2.49. The van der Waals surface area contributed by atoms with Gasteiger partial charge in [0.05, 0.1) is 0 Å². The summed E-state index contributed by atoms with van der Waals surface area (Å²) < 4.78 is 12.7. The maximum absolute atomic E-state index is 12.7. The summed E-state index contributed by atoms with van der Waals surface area (Å²) in [5.74, 6) is 4.93. The highest BCUT2D eigenvalue weighted by molar-refractivity contribution is 5.99. The van der Waals surface area contributed by atoms with E-state index in [0.29, 0.717) is 11.4 Å². The molecule has 0 saturated heterocycles. The number of aliphatic hydroxyl groups excluding tert-OH is 1. The summed E-state index contributed by atoms with van der Waals surface area (Å²) in [5, 5.41) is 13.8. The summed E-state index contributed by atoms with van der Waals surface area (Å²) in [4.78, 5) is 11.7. The van der Waals surface area contributed by atoms with Crippen LogP contribution in [0.2, 0.25) is 0 Å². The Morgan fingerprint density at radius 2 is 1.52 bits per heavy atom. The molecule has 0 aliphatic carbocycles. The van der Waals surface area contributed by atoms with Crippen LogP contribution in [0.1, 0.15) is 5.56 Å². The van der Waals surface area contributed by atoms with Crippen LogP contribution in [0.5, 0.6) is 0 Å². The van der Waals surface area contributed by atoms with Gasteiger partial charge >= 0.3 is 6.03 Å². The molecular formula is C16H13FN2O2. The van der Waals surface area contributed by atoms with Crippen LogP contribution >= 0.6 is 0 Å². The molecule has 0 atom stereocenters. The van der Waals surface area contributed by atoms with Crippen LogP contribution in [-0.4, -0.2) is 17.7 Å². The van der Waals surface area contributed by atoms with Crippen molar-refractivity contribution in [2.45, 2.75) is 0 Å². The molecule has 0 radical (unpaired) electrons. The zero-order valence-electron chi connectivity index (χ0n) is 11.1. The number of carbonyl (C=O) groups is 1. The number of halogens is 1. The second-order valence-electron chi connectivity index (χ2n) is 4.12. The van der Waals surface area contributed by atoms with Crippen molar-refractivity contribution in [3.05, 3.63) is 59.9 Å². The van der Waals surface area contributed by atoms with E-state index in [1.165, 1.54) is 24.3 Å². The molecule has 5 heteroatoms. The van der Waals surface area contributed by atoms with Gasteiger partial charge in [-0.05, 0) is 48.5 Å². The fourth-order valence-electron chi connectivity index (χ4n) is 1.61. The molecule has 0 aliphatic rings. The molecule has 0 unspecified atom stereocenters. The number of hydrogen-bond donors (Lipinski definition) is 3. The highest BCUT2D eigenvalue weighted by Crippen LogP contribution is 2.11. The number of nitrogens with one attached hydrogen (secondary N) is 2. The molecule has 0 aromatic heterocycles. The highest BCUT2D eigenvalue weighted by atomic mass is 19.1. The van der Waals surface area contributed by atoms with Crippen LogP contribution in [0.25, 0.3) is 0 Å². The van der Waals surface area contributed by atoms with Gasteiger partial charge in [-0.2, -0.15) is 0 Å². The molecule has 21 heavy (non-hydrogen) atoms. The van der Waals surface area contributed by atoms with Crippen molar-refractivity contribution in [1.82, 2.24) is 0 Å². The molecule has 2 amide bonds. The topological polar surface area (TPSA) is 61.4 Å². The Kier molecular flexibility index (Phi) is 4.91. The minimum absolute atomic E-state index is 0.194. The molecule has 0 fully saturated rings. The van der Waals surface area contributed by atoms with Gasteiger partial charge in [-0.25, -0.2) is 9.18 Å². The fraction of sp³-hybridized carbons (Fsp3) is 0.0625. The quantitative estimate of drug-likeness (QED) is 0.743. The van der Waals surface area contributed by atoms with Crippen LogP contribution < -0.4 is 10.6 Å². The summed E-state index contributed by atoms with van der Waals surface area (Å²) in [7, 11) is 0. The van der Waals surface area contributed by atoms with Crippen LogP contribution in [0.4, 0.5) is 20.6 Å². The molecule has 2 rings (SSSR count). The average molecular weight is 284 g/mol. The lowest BCUT2D eigenvalue weighted by Gasteiger charge is -2.07. The summed E-state index contributed by atoms with van der Waals surface area (Å²) in [6.45, 7) is -0.194. The summed E-state index contributed by atoms with van der Waals surface area (Å²) in [5.41, 5.74) is 1.84. The number of urea groups is 1. The largest absolute Gasteiger partial charge is 0.384 e. The normalized spacial score (nSPS) is 9.43. The molecule has 0 saturated carbocycles. The van der Waals surface area contributed by atoms with Gasteiger partial charge in [0.2, 0.25) is 0 Å². The third-order valence-corrected chi connectivity index (χ3v) is 2.56. The SMILES string of the molecule is O=C(Nc1ccc(F)cc1)Nc1ccc(C#CCO)cc1. The number of amides is 2. The predicted molar refractivity (Wildman–Crippen MR) is 79.4 cm³/mol. The Morgan fingerprint density at radius 1 is 1.00 bits per heavy atom. The Morgan fingerprint density at radius 3 is 2.05 bits per heavy atom. The first-order valence-electron chi connectivity index (χ1n) is 6.21. The van der Waals surface area contributed by atoms with E-state index in [0.717, 1.165) is 5.56 Å². The molecule has 2 aromatic rings. The molecule has 0 spiro atoms. The first-order chi connectivity index (χ1) is 10.2. The monoisotopic (exact) mass is 284 g/mol. The van der Waals surface area contributed by atoms with E-state index in [2.05, 4.69) is 22.5 Å². The van der Waals surface area contributed by atoms with Gasteiger partial charge in [-0.3, -0.25) is 0 Å². The van der Waals surface area contributed by atoms with Gasteiger partial charge in [-0.1, -0.05) is 11.8 Å². The van der Waals surface area contributed by atoms with Crippen molar-refractivity contribution >= 4 is 17.4 Å². The molecule has 0 bridgehead atoms. The molecule has 4 nitrogen and oxygen atoms in total. The molecule has 106 valence electrons. The van der Waals surface area contributed by atoms with Gasteiger partial charge in [0.25, 0.3) is 0 Å². The summed E-state index contributed by atoms with van der Waals surface area (Å²) in [6, 6.07) is 11.9.